The molecule has 0 radical (unpaired) electrons. The highest BCUT2D eigenvalue weighted by Crippen LogP contribution is 2.34. The number of halogens is 4. The molecule has 3 nitrogen and oxygen atoms in total. The van der Waals surface area contributed by atoms with Gasteiger partial charge in [-0.1, -0.05) is 35.9 Å². The van der Waals surface area contributed by atoms with Crippen molar-refractivity contribution in [3.63, 3.8) is 0 Å². The Bertz CT molecular complexity index is 702. The molecule has 2 rings (SSSR count). The molecule has 7 heteroatoms. The van der Waals surface area contributed by atoms with Gasteiger partial charge in [0.2, 0.25) is 5.91 Å². The zero-order valence-electron chi connectivity index (χ0n) is 12.8. The smallest absolute Gasteiger partial charge is 0.324 e. The number of hydrogen-bond acceptors (Lipinski definition) is 2. The molecule has 0 aliphatic heterocycles. The number of para-hydroxylation sites is 1. The second kappa shape index (κ2) is 7.68. The summed E-state index contributed by atoms with van der Waals surface area (Å²) in [6.07, 6.45) is -4.52. The third-order valence-corrected chi connectivity index (χ3v) is 3.70. The Labute approximate surface area is 142 Å². The molecule has 2 aromatic rings. The number of hydrogen-bond donors (Lipinski definition) is 2. The Morgan fingerprint density at radius 2 is 1.75 bits per heavy atom. The van der Waals surface area contributed by atoms with Gasteiger partial charge in [-0.05, 0) is 36.8 Å². The maximum absolute atomic E-state index is 12.9. The van der Waals surface area contributed by atoms with E-state index in [9.17, 15) is 18.0 Å². The van der Waals surface area contributed by atoms with E-state index >= 15 is 0 Å². The lowest BCUT2D eigenvalue weighted by molar-refractivity contribution is -0.137. The van der Waals surface area contributed by atoms with E-state index in [2.05, 4.69) is 10.6 Å². The SMILES string of the molecule is C[C@H](NCC(=O)Nc1ccccc1C(F)(F)F)c1ccc(Cl)cc1. The van der Waals surface area contributed by atoms with Gasteiger partial charge in [-0.15, -0.1) is 0 Å². The summed E-state index contributed by atoms with van der Waals surface area (Å²) in [5, 5.41) is 5.85. The molecular formula is C17H16ClF3N2O. The number of carbonyl (C=O) groups excluding carboxylic acids is 1. The number of anilines is 1. The van der Waals surface area contributed by atoms with Gasteiger partial charge in [0.15, 0.2) is 0 Å². The van der Waals surface area contributed by atoms with Crippen molar-refractivity contribution in [3.05, 3.63) is 64.7 Å². The summed E-state index contributed by atoms with van der Waals surface area (Å²) in [7, 11) is 0. The lowest BCUT2D eigenvalue weighted by atomic mass is 10.1. The van der Waals surface area contributed by atoms with Crippen LogP contribution in [0, 0.1) is 0 Å². The minimum absolute atomic E-state index is 0.115. The number of benzene rings is 2. The second-order valence-electron chi connectivity index (χ2n) is 5.25. The van der Waals surface area contributed by atoms with Crippen LogP contribution in [0.25, 0.3) is 0 Å². The fraction of sp³-hybridized carbons (Fsp3) is 0.235. The van der Waals surface area contributed by atoms with Crippen LogP contribution in [-0.4, -0.2) is 12.5 Å². The van der Waals surface area contributed by atoms with E-state index in [1.807, 2.05) is 19.1 Å². The summed E-state index contributed by atoms with van der Waals surface area (Å²) in [5.74, 6) is -0.549. The minimum Gasteiger partial charge on any atom is -0.324 e. The fourth-order valence-corrected chi connectivity index (χ4v) is 2.27. The molecule has 24 heavy (non-hydrogen) atoms. The van der Waals surface area contributed by atoms with Gasteiger partial charge in [0, 0.05) is 11.1 Å². The molecular weight excluding hydrogens is 341 g/mol. The van der Waals surface area contributed by atoms with Crippen LogP contribution >= 0.6 is 11.6 Å². The van der Waals surface area contributed by atoms with Crippen molar-refractivity contribution < 1.29 is 18.0 Å². The molecule has 128 valence electrons. The largest absolute Gasteiger partial charge is 0.418 e. The Morgan fingerprint density at radius 3 is 2.38 bits per heavy atom. The summed E-state index contributed by atoms with van der Waals surface area (Å²) in [5.41, 5.74) is -0.206. The number of amides is 1. The van der Waals surface area contributed by atoms with Crippen LogP contribution in [0.2, 0.25) is 5.02 Å². The summed E-state index contributed by atoms with van der Waals surface area (Å²) >= 11 is 5.81. The lowest BCUT2D eigenvalue weighted by Gasteiger charge is -2.16. The second-order valence-corrected chi connectivity index (χ2v) is 5.68. The number of alkyl halides is 3. The van der Waals surface area contributed by atoms with E-state index in [-0.39, 0.29) is 18.3 Å². The van der Waals surface area contributed by atoms with Crippen LogP contribution < -0.4 is 10.6 Å². The average molecular weight is 357 g/mol. The van der Waals surface area contributed by atoms with E-state index in [4.69, 9.17) is 11.6 Å². The molecule has 0 aliphatic rings. The Kier molecular flexibility index (Phi) is 5.85. The Morgan fingerprint density at radius 1 is 1.12 bits per heavy atom. The van der Waals surface area contributed by atoms with Gasteiger partial charge in [0.05, 0.1) is 17.8 Å². The van der Waals surface area contributed by atoms with Gasteiger partial charge < -0.3 is 10.6 Å². The summed E-state index contributed by atoms with van der Waals surface area (Å²) in [6.45, 7) is 1.73. The van der Waals surface area contributed by atoms with E-state index in [1.165, 1.54) is 18.2 Å². The number of nitrogens with one attached hydrogen (secondary N) is 2. The van der Waals surface area contributed by atoms with E-state index < -0.39 is 17.6 Å². The molecule has 0 unspecified atom stereocenters. The van der Waals surface area contributed by atoms with Crippen LogP contribution in [-0.2, 0) is 11.0 Å². The van der Waals surface area contributed by atoms with Crippen molar-refractivity contribution in [2.75, 3.05) is 11.9 Å². The molecule has 1 atom stereocenters. The van der Waals surface area contributed by atoms with Crippen molar-refractivity contribution in [1.82, 2.24) is 5.32 Å². The van der Waals surface area contributed by atoms with Crippen LogP contribution in [0.15, 0.2) is 48.5 Å². The van der Waals surface area contributed by atoms with Gasteiger partial charge in [0.1, 0.15) is 0 Å². The molecule has 0 aliphatic carbocycles. The highest BCUT2D eigenvalue weighted by Gasteiger charge is 2.33. The van der Waals surface area contributed by atoms with Crippen molar-refractivity contribution >= 4 is 23.2 Å². The highest BCUT2D eigenvalue weighted by atomic mass is 35.5. The average Bonchev–Trinajstić information content (AvgIpc) is 2.53. The van der Waals surface area contributed by atoms with Crippen LogP contribution in [0.3, 0.4) is 0 Å². The number of carbonyl (C=O) groups is 1. The number of rotatable bonds is 5. The third-order valence-electron chi connectivity index (χ3n) is 3.45. The molecule has 2 N–H and O–H groups in total. The van der Waals surface area contributed by atoms with E-state index in [0.29, 0.717) is 5.02 Å². The van der Waals surface area contributed by atoms with Gasteiger partial charge >= 0.3 is 6.18 Å². The van der Waals surface area contributed by atoms with Crippen LogP contribution in [0.1, 0.15) is 24.1 Å². The standard InChI is InChI=1S/C17H16ClF3N2O/c1-11(12-6-8-13(18)9-7-12)22-10-16(24)23-15-5-3-2-4-14(15)17(19,20)21/h2-9,11,22H,10H2,1H3,(H,23,24)/t11-/m0/s1. The molecule has 0 saturated heterocycles. The van der Waals surface area contributed by atoms with Gasteiger partial charge in [-0.25, -0.2) is 0 Å². The normalized spacial score (nSPS) is 12.7. The van der Waals surface area contributed by atoms with Crippen molar-refractivity contribution in [2.45, 2.75) is 19.1 Å². The van der Waals surface area contributed by atoms with Crippen molar-refractivity contribution in [1.29, 1.82) is 0 Å². The highest BCUT2D eigenvalue weighted by molar-refractivity contribution is 6.30. The van der Waals surface area contributed by atoms with Crippen molar-refractivity contribution in [2.24, 2.45) is 0 Å². The minimum atomic E-state index is -4.52. The van der Waals surface area contributed by atoms with E-state index in [0.717, 1.165) is 11.6 Å². The molecule has 0 heterocycles. The first-order valence-electron chi connectivity index (χ1n) is 7.22. The van der Waals surface area contributed by atoms with Crippen LogP contribution in [0.5, 0.6) is 0 Å². The van der Waals surface area contributed by atoms with Gasteiger partial charge in [0.25, 0.3) is 0 Å². The first-order chi connectivity index (χ1) is 11.3. The summed E-state index contributed by atoms with van der Waals surface area (Å²) < 4.78 is 38.7. The van der Waals surface area contributed by atoms with Gasteiger partial charge in [-0.3, -0.25) is 4.79 Å². The molecule has 2 aromatic carbocycles. The quantitative estimate of drug-likeness (QED) is 0.818. The molecule has 0 bridgehead atoms. The van der Waals surface area contributed by atoms with Crippen molar-refractivity contribution in [3.8, 4) is 0 Å². The summed E-state index contributed by atoms with van der Waals surface area (Å²) in [4.78, 5) is 11.9. The topological polar surface area (TPSA) is 41.1 Å². The molecule has 0 spiro atoms. The Balaban J connectivity index is 1.96. The molecule has 1 amide bonds. The maximum Gasteiger partial charge on any atom is 0.418 e. The monoisotopic (exact) mass is 356 g/mol. The van der Waals surface area contributed by atoms with E-state index in [1.54, 1.807) is 12.1 Å². The van der Waals surface area contributed by atoms with Crippen LogP contribution in [0.4, 0.5) is 18.9 Å². The molecule has 0 fully saturated rings. The zero-order valence-corrected chi connectivity index (χ0v) is 13.6. The Hall–Kier alpha value is -2.05. The first kappa shape index (κ1) is 18.3. The fourth-order valence-electron chi connectivity index (χ4n) is 2.15. The molecule has 0 saturated carbocycles. The molecule has 0 aromatic heterocycles. The first-order valence-corrected chi connectivity index (χ1v) is 7.60. The zero-order chi connectivity index (χ0) is 17.7. The predicted octanol–water partition coefficient (Wildman–Crippen LogP) is 4.65. The maximum atomic E-state index is 12.9. The lowest BCUT2D eigenvalue weighted by Crippen LogP contribution is -2.30. The third kappa shape index (κ3) is 4.97. The predicted molar refractivity (Wildman–Crippen MR) is 87.9 cm³/mol. The summed E-state index contributed by atoms with van der Waals surface area (Å²) in [6, 6.07) is 11.8. The van der Waals surface area contributed by atoms with Gasteiger partial charge in [-0.2, -0.15) is 13.2 Å².